The van der Waals surface area contributed by atoms with Gasteiger partial charge in [-0.25, -0.2) is 4.98 Å². The van der Waals surface area contributed by atoms with Crippen LogP contribution in [0.2, 0.25) is 0 Å². The van der Waals surface area contributed by atoms with E-state index in [1.54, 1.807) is 30.3 Å². The number of amides is 1. The Morgan fingerprint density at radius 1 is 1.33 bits per heavy atom. The van der Waals surface area contributed by atoms with Crippen LogP contribution in [-0.4, -0.2) is 41.8 Å². The Morgan fingerprint density at radius 3 is 3.00 bits per heavy atom. The standard InChI is InChI=1S/C16H18N6O2/c1-12-7-14(19-24-12)16(23)21-9-13(10-22-5-2-3-18-22)8-20-6-4-17-15(20)11-21/h2-7,13H,8-11H2,1H3. The summed E-state index contributed by atoms with van der Waals surface area (Å²) in [6.07, 6.45) is 7.43. The van der Waals surface area contributed by atoms with Crippen LogP contribution in [-0.2, 0) is 19.6 Å². The molecule has 0 aliphatic carbocycles. The predicted molar refractivity (Wildman–Crippen MR) is 83.9 cm³/mol. The highest BCUT2D eigenvalue weighted by atomic mass is 16.5. The molecule has 0 saturated heterocycles. The monoisotopic (exact) mass is 326 g/mol. The van der Waals surface area contributed by atoms with Crippen LogP contribution in [0.5, 0.6) is 0 Å². The van der Waals surface area contributed by atoms with Crippen molar-refractivity contribution >= 4 is 5.91 Å². The number of aromatic nitrogens is 5. The maximum Gasteiger partial charge on any atom is 0.276 e. The fourth-order valence-electron chi connectivity index (χ4n) is 3.11. The molecule has 1 amide bonds. The highest BCUT2D eigenvalue weighted by molar-refractivity contribution is 5.92. The van der Waals surface area contributed by atoms with E-state index in [2.05, 4.69) is 19.8 Å². The Kier molecular flexibility index (Phi) is 3.64. The van der Waals surface area contributed by atoms with E-state index in [1.165, 1.54) is 0 Å². The van der Waals surface area contributed by atoms with Crippen molar-refractivity contribution in [3.05, 3.63) is 54.2 Å². The van der Waals surface area contributed by atoms with E-state index in [0.717, 1.165) is 18.9 Å². The molecular formula is C16H18N6O2. The van der Waals surface area contributed by atoms with E-state index < -0.39 is 0 Å². The number of hydrogen-bond donors (Lipinski definition) is 0. The molecule has 1 unspecified atom stereocenters. The van der Waals surface area contributed by atoms with Crippen molar-refractivity contribution in [2.24, 2.45) is 5.92 Å². The molecule has 4 rings (SSSR count). The van der Waals surface area contributed by atoms with Gasteiger partial charge in [-0.3, -0.25) is 9.48 Å². The number of imidazole rings is 1. The maximum absolute atomic E-state index is 12.8. The van der Waals surface area contributed by atoms with Crippen LogP contribution in [0.25, 0.3) is 0 Å². The summed E-state index contributed by atoms with van der Waals surface area (Å²) < 4.78 is 9.05. The first-order chi connectivity index (χ1) is 11.7. The van der Waals surface area contributed by atoms with Crippen LogP contribution < -0.4 is 0 Å². The third kappa shape index (κ3) is 2.82. The summed E-state index contributed by atoms with van der Waals surface area (Å²) in [5, 5.41) is 8.13. The molecule has 0 N–H and O–H groups in total. The summed E-state index contributed by atoms with van der Waals surface area (Å²) in [4.78, 5) is 19.0. The lowest BCUT2D eigenvalue weighted by Gasteiger charge is -2.23. The number of hydrogen-bond acceptors (Lipinski definition) is 5. The molecule has 1 aliphatic rings. The number of carbonyl (C=O) groups is 1. The summed E-state index contributed by atoms with van der Waals surface area (Å²) in [5.74, 6) is 1.61. The van der Waals surface area contributed by atoms with E-state index in [-0.39, 0.29) is 11.8 Å². The van der Waals surface area contributed by atoms with Gasteiger partial charge in [-0.1, -0.05) is 5.16 Å². The predicted octanol–water partition coefficient (Wildman–Crippen LogP) is 1.35. The average molecular weight is 326 g/mol. The van der Waals surface area contributed by atoms with Crippen molar-refractivity contribution in [1.82, 2.24) is 29.4 Å². The van der Waals surface area contributed by atoms with E-state index in [0.29, 0.717) is 24.5 Å². The van der Waals surface area contributed by atoms with Gasteiger partial charge in [-0.2, -0.15) is 5.10 Å². The van der Waals surface area contributed by atoms with Gasteiger partial charge < -0.3 is 14.0 Å². The van der Waals surface area contributed by atoms with E-state index in [9.17, 15) is 4.79 Å². The van der Waals surface area contributed by atoms with Gasteiger partial charge in [-0.05, 0) is 13.0 Å². The van der Waals surface area contributed by atoms with Gasteiger partial charge in [0, 0.05) is 56.4 Å². The highest BCUT2D eigenvalue weighted by Gasteiger charge is 2.28. The van der Waals surface area contributed by atoms with Gasteiger partial charge in [-0.15, -0.1) is 0 Å². The quantitative estimate of drug-likeness (QED) is 0.725. The molecule has 1 aliphatic heterocycles. The second-order valence-electron chi connectivity index (χ2n) is 6.10. The number of rotatable bonds is 3. The Labute approximate surface area is 138 Å². The van der Waals surface area contributed by atoms with Crippen LogP contribution in [0, 0.1) is 12.8 Å². The third-order valence-electron chi connectivity index (χ3n) is 4.21. The number of aryl methyl sites for hydroxylation is 1. The molecular weight excluding hydrogens is 308 g/mol. The van der Waals surface area contributed by atoms with E-state index in [1.807, 2.05) is 23.1 Å². The second kappa shape index (κ2) is 5.95. The summed E-state index contributed by atoms with van der Waals surface area (Å²) in [7, 11) is 0. The van der Waals surface area contributed by atoms with E-state index >= 15 is 0 Å². The minimum Gasteiger partial charge on any atom is -0.361 e. The first kappa shape index (κ1) is 14.7. The molecule has 0 fully saturated rings. The van der Waals surface area contributed by atoms with Crippen LogP contribution in [0.1, 0.15) is 22.1 Å². The third-order valence-corrected chi connectivity index (χ3v) is 4.21. The molecule has 0 saturated carbocycles. The Hall–Kier alpha value is -2.90. The van der Waals surface area contributed by atoms with Crippen LogP contribution in [0.4, 0.5) is 0 Å². The molecule has 0 radical (unpaired) electrons. The van der Waals surface area contributed by atoms with Gasteiger partial charge >= 0.3 is 0 Å². The largest absolute Gasteiger partial charge is 0.361 e. The lowest BCUT2D eigenvalue weighted by molar-refractivity contribution is 0.0702. The number of nitrogens with zero attached hydrogens (tertiary/aromatic N) is 6. The highest BCUT2D eigenvalue weighted by Crippen LogP contribution is 2.19. The van der Waals surface area contributed by atoms with Gasteiger partial charge in [0.2, 0.25) is 0 Å². The van der Waals surface area contributed by atoms with E-state index in [4.69, 9.17) is 4.52 Å². The molecule has 3 aromatic heterocycles. The maximum atomic E-state index is 12.8. The summed E-state index contributed by atoms with van der Waals surface area (Å²) in [6, 6.07) is 3.57. The Morgan fingerprint density at radius 2 is 2.25 bits per heavy atom. The van der Waals surface area contributed by atoms with Crippen molar-refractivity contribution in [3.8, 4) is 0 Å². The van der Waals surface area contributed by atoms with Crippen molar-refractivity contribution in [2.45, 2.75) is 26.6 Å². The van der Waals surface area contributed by atoms with Crippen LogP contribution in [0.15, 0.2) is 41.4 Å². The molecule has 0 spiro atoms. The van der Waals surface area contributed by atoms with Crippen LogP contribution >= 0.6 is 0 Å². The van der Waals surface area contributed by atoms with Crippen molar-refractivity contribution in [3.63, 3.8) is 0 Å². The molecule has 0 aromatic carbocycles. The molecule has 124 valence electrons. The summed E-state index contributed by atoms with van der Waals surface area (Å²) in [5.41, 5.74) is 0.338. The first-order valence-electron chi connectivity index (χ1n) is 7.89. The fraction of sp³-hybridized carbons (Fsp3) is 0.375. The molecule has 4 heterocycles. The lowest BCUT2D eigenvalue weighted by Crippen LogP contribution is -2.35. The van der Waals surface area contributed by atoms with Crippen molar-refractivity contribution < 1.29 is 9.32 Å². The average Bonchev–Trinajstić information content (AvgIpc) is 3.28. The Balaban J connectivity index is 1.60. The van der Waals surface area contributed by atoms with Crippen LogP contribution in [0.3, 0.4) is 0 Å². The number of carbonyl (C=O) groups excluding carboxylic acids is 1. The topological polar surface area (TPSA) is 82.0 Å². The molecule has 1 atom stereocenters. The zero-order valence-electron chi connectivity index (χ0n) is 13.4. The first-order valence-corrected chi connectivity index (χ1v) is 7.89. The molecule has 8 heteroatoms. The molecule has 24 heavy (non-hydrogen) atoms. The van der Waals surface area contributed by atoms with Gasteiger partial charge in [0.25, 0.3) is 5.91 Å². The molecule has 0 bridgehead atoms. The smallest absolute Gasteiger partial charge is 0.276 e. The minimum absolute atomic E-state index is 0.131. The zero-order chi connectivity index (χ0) is 16.5. The molecule has 3 aromatic rings. The zero-order valence-corrected chi connectivity index (χ0v) is 13.4. The number of fused-ring (bicyclic) bond motifs is 1. The van der Waals surface area contributed by atoms with Crippen molar-refractivity contribution in [1.29, 1.82) is 0 Å². The Bertz CT molecular complexity index is 835. The van der Waals surface area contributed by atoms with Gasteiger partial charge in [0.1, 0.15) is 11.6 Å². The fourth-order valence-corrected chi connectivity index (χ4v) is 3.11. The lowest BCUT2D eigenvalue weighted by atomic mass is 10.1. The summed E-state index contributed by atoms with van der Waals surface area (Å²) >= 11 is 0. The van der Waals surface area contributed by atoms with Crippen molar-refractivity contribution in [2.75, 3.05) is 6.54 Å². The van der Waals surface area contributed by atoms with Gasteiger partial charge in [0.15, 0.2) is 5.69 Å². The minimum atomic E-state index is -0.131. The SMILES string of the molecule is Cc1cc(C(=O)N2Cc3nccn3CC(Cn3cccn3)C2)no1. The normalized spacial score (nSPS) is 17.5. The second-order valence-corrected chi connectivity index (χ2v) is 6.10. The summed E-state index contributed by atoms with van der Waals surface area (Å²) in [6.45, 7) is 4.41. The van der Waals surface area contributed by atoms with Gasteiger partial charge in [0.05, 0.1) is 6.54 Å². The molecule has 8 nitrogen and oxygen atoms in total.